The Balaban J connectivity index is 2.10. The topological polar surface area (TPSA) is 40.6 Å². The Bertz CT molecular complexity index is 714. The first-order valence-corrected chi connectivity index (χ1v) is 8.88. The van der Waals surface area contributed by atoms with Crippen molar-refractivity contribution >= 4 is 17.6 Å². The Morgan fingerprint density at radius 2 is 1.36 bits per heavy atom. The molecule has 0 N–H and O–H groups in total. The fourth-order valence-corrected chi connectivity index (χ4v) is 3.95. The van der Waals surface area contributed by atoms with Gasteiger partial charge in [0.1, 0.15) is 6.04 Å². The van der Waals surface area contributed by atoms with Gasteiger partial charge in [0, 0.05) is 11.7 Å². The number of anilines is 1. The Kier molecular flexibility index (Phi) is 5.33. The Hall–Kier alpha value is -2.26. The highest BCUT2D eigenvalue weighted by atomic mass is 19.4. The zero-order valence-corrected chi connectivity index (χ0v) is 14.6. The molecule has 0 radical (unpaired) electrons. The second-order valence-corrected chi connectivity index (χ2v) is 6.99. The van der Waals surface area contributed by atoms with Crippen LogP contribution >= 0.6 is 0 Å². The van der Waals surface area contributed by atoms with E-state index in [0.717, 1.165) is 6.42 Å². The van der Waals surface area contributed by atoms with Gasteiger partial charge in [-0.2, -0.15) is 26.3 Å². The third-order valence-electron chi connectivity index (χ3n) is 5.18. The molecule has 10 heteroatoms. The lowest BCUT2D eigenvalue weighted by Gasteiger charge is -2.31. The van der Waals surface area contributed by atoms with Gasteiger partial charge in [-0.05, 0) is 25.0 Å². The highest BCUT2D eigenvalue weighted by molar-refractivity contribution is 6.14. The summed E-state index contributed by atoms with van der Waals surface area (Å²) >= 11 is 0. The van der Waals surface area contributed by atoms with E-state index >= 15 is 0 Å². The maximum absolute atomic E-state index is 13.4. The fourth-order valence-electron chi connectivity index (χ4n) is 3.95. The van der Waals surface area contributed by atoms with Crippen molar-refractivity contribution in [3.05, 3.63) is 30.3 Å². The smallest absolute Gasteiger partial charge is 0.280 e. The van der Waals surface area contributed by atoms with Gasteiger partial charge in [0.05, 0.1) is 0 Å². The predicted octanol–water partition coefficient (Wildman–Crippen LogP) is 4.90. The molecule has 1 aromatic carbocycles. The molecule has 1 saturated heterocycles. The minimum atomic E-state index is -5.74. The third-order valence-corrected chi connectivity index (χ3v) is 5.18. The van der Waals surface area contributed by atoms with Crippen LogP contribution in [0.3, 0.4) is 0 Å². The van der Waals surface area contributed by atoms with Gasteiger partial charge < -0.3 is 0 Å². The van der Waals surface area contributed by atoms with Gasteiger partial charge in [-0.3, -0.25) is 14.6 Å². The lowest BCUT2D eigenvalue weighted by atomic mass is 9.93. The number of imide groups is 1. The number of alkyl halides is 6. The molecule has 28 heavy (non-hydrogen) atoms. The largest absolute Gasteiger partial charge is 0.403 e. The van der Waals surface area contributed by atoms with E-state index in [1.807, 2.05) is 0 Å². The summed E-state index contributed by atoms with van der Waals surface area (Å²) in [4.78, 5) is 26.6. The normalized spacial score (nSPS) is 22.5. The van der Waals surface area contributed by atoms with E-state index in [4.69, 9.17) is 0 Å². The zero-order valence-electron chi connectivity index (χ0n) is 14.6. The number of hydrogen-bond acceptors (Lipinski definition) is 2. The first-order chi connectivity index (χ1) is 13.0. The molecule has 1 saturated carbocycles. The van der Waals surface area contributed by atoms with Crippen LogP contribution in [0.1, 0.15) is 32.1 Å². The molecule has 1 aliphatic carbocycles. The van der Waals surface area contributed by atoms with Gasteiger partial charge in [0.25, 0.3) is 5.91 Å². The van der Waals surface area contributed by atoms with E-state index in [-0.39, 0.29) is 5.69 Å². The van der Waals surface area contributed by atoms with Crippen LogP contribution in [0.4, 0.5) is 36.8 Å². The number of rotatable bonds is 3. The molecule has 4 nitrogen and oxygen atoms in total. The molecule has 3 rings (SSSR count). The lowest BCUT2D eigenvalue weighted by Crippen LogP contribution is -2.53. The molecule has 2 aliphatic rings. The summed E-state index contributed by atoms with van der Waals surface area (Å²) < 4.78 is 80.4. The average molecular weight is 408 g/mol. The van der Waals surface area contributed by atoms with E-state index in [9.17, 15) is 35.9 Å². The molecule has 1 heterocycles. The monoisotopic (exact) mass is 408 g/mol. The van der Waals surface area contributed by atoms with E-state index in [1.165, 1.54) is 30.3 Å². The van der Waals surface area contributed by atoms with Crippen LogP contribution in [0, 0.1) is 5.92 Å². The van der Waals surface area contributed by atoms with Crippen molar-refractivity contribution in [2.75, 3.05) is 4.90 Å². The summed E-state index contributed by atoms with van der Waals surface area (Å²) in [6.07, 6.45) is -8.60. The van der Waals surface area contributed by atoms with Crippen LogP contribution in [0.5, 0.6) is 0 Å². The summed E-state index contributed by atoms with van der Waals surface area (Å²) in [5.41, 5.74) is -0.178. The van der Waals surface area contributed by atoms with Crippen LogP contribution in [-0.4, -0.2) is 41.3 Å². The number of hydrogen-bond donors (Lipinski definition) is 0. The predicted molar refractivity (Wildman–Crippen MR) is 87.4 cm³/mol. The van der Waals surface area contributed by atoms with Crippen LogP contribution in [-0.2, 0) is 4.79 Å². The molecule has 1 aliphatic heterocycles. The highest BCUT2D eigenvalue weighted by Crippen LogP contribution is 2.46. The minimum absolute atomic E-state index is 0.178. The summed E-state index contributed by atoms with van der Waals surface area (Å²) in [5.74, 6) is -5.41. The van der Waals surface area contributed by atoms with Crippen molar-refractivity contribution in [1.82, 2.24) is 4.90 Å². The molecule has 2 fully saturated rings. The van der Waals surface area contributed by atoms with Crippen molar-refractivity contribution in [2.24, 2.45) is 5.92 Å². The molecule has 154 valence electrons. The maximum atomic E-state index is 13.4. The van der Waals surface area contributed by atoms with E-state index < -0.39 is 42.3 Å². The molecular weight excluding hydrogens is 390 g/mol. The van der Waals surface area contributed by atoms with Crippen molar-refractivity contribution in [2.45, 2.75) is 56.5 Å². The van der Waals surface area contributed by atoms with Gasteiger partial charge in [-0.1, -0.05) is 37.5 Å². The highest BCUT2D eigenvalue weighted by Gasteiger charge is 2.67. The number of para-hydroxylation sites is 1. The standard InChI is InChI=1S/C18H18F6N2O2/c19-17(20,21)14(18(22,23)24)13-15(27)26(12-9-5-2-6-10-12)16(28)25(13)11-7-3-1-4-8-11/h1,3-4,7-8,12-14H,2,5-6,9-10H2. The Morgan fingerprint density at radius 1 is 0.821 bits per heavy atom. The lowest BCUT2D eigenvalue weighted by molar-refractivity contribution is -0.287. The number of urea groups is 1. The summed E-state index contributed by atoms with van der Waals surface area (Å²) in [5, 5.41) is 0. The maximum Gasteiger partial charge on any atom is 0.403 e. The van der Waals surface area contributed by atoms with Gasteiger partial charge in [0.15, 0.2) is 5.92 Å². The molecule has 0 bridgehead atoms. The first-order valence-electron chi connectivity index (χ1n) is 8.88. The molecular formula is C18H18F6N2O2. The SMILES string of the molecule is O=C1C(C(C(F)(F)F)C(F)(F)F)N(c2ccccc2)C(=O)N1C1CCCCC1. The minimum Gasteiger partial charge on any atom is -0.280 e. The second-order valence-electron chi connectivity index (χ2n) is 6.99. The first kappa shape index (κ1) is 20.5. The number of nitrogens with zero attached hydrogens (tertiary/aromatic N) is 2. The van der Waals surface area contributed by atoms with E-state index in [0.29, 0.717) is 35.5 Å². The molecule has 1 atom stereocenters. The molecule has 0 aromatic heterocycles. The molecule has 1 unspecified atom stereocenters. The van der Waals surface area contributed by atoms with Crippen molar-refractivity contribution < 1.29 is 35.9 Å². The average Bonchev–Trinajstić information content (AvgIpc) is 2.84. The number of carbonyl (C=O) groups is 2. The van der Waals surface area contributed by atoms with Gasteiger partial charge >= 0.3 is 18.4 Å². The molecule has 0 spiro atoms. The van der Waals surface area contributed by atoms with Crippen molar-refractivity contribution in [1.29, 1.82) is 0 Å². The van der Waals surface area contributed by atoms with Crippen molar-refractivity contribution in [3.63, 3.8) is 0 Å². The number of carbonyl (C=O) groups excluding carboxylic acids is 2. The number of benzene rings is 1. The summed E-state index contributed by atoms with van der Waals surface area (Å²) in [6, 6.07) is 2.16. The zero-order chi connectivity index (χ0) is 20.7. The van der Waals surface area contributed by atoms with Crippen LogP contribution < -0.4 is 4.90 Å². The van der Waals surface area contributed by atoms with Gasteiger partial charge in [0.2, 0.25) is 0 Å². The molecule has 1 aromatic rings. The second kappa shape index (κ2) is 7.29. The van der Waals surface area contributed by atoms with E-state index in [2.05, 4.69) is 0 Å². The Morgan fingerprint density at radius 3 is 1.86 bits per heavy atom. The number of halogens is 6. The third kappa shape index (κ3) is 3.68. The summed E-state index contributed by atoms with van der Waals surface area (Å²) in [6.45, 7) is 0. The van der Waals surface area contributed by atoms with Crippen molar-refractivity contribution in [3.8, 4) is 0 Å². The van der Waals surface area contributed by atoms with Gasteiger partial charge in [-0.15, -0.1) is 0 Å². The van der Waals surface area contributed by atoms with Gasteiger partial charge in [-0.25, -0.2) is 4.79 Å². The van der Waals surface area contributed by atoms with E-state index in [1.54, 1.807) is 0 Å². The van der Waals surface area contributed by atoms with Crippen LogP contribution in [0.15, 0.2) is 30.3 Å². The Labute approximate surface area is 157 Å². The number of amides is 3. The van der Waals surface area contributed by atoms with Crippen LogP contribution in [0.2, 0.25) is 0 Å². The van der Waals surface area contributed by atoms with Crippen LogP contribution in [0.25, 0.3) is 0 Å². The molecule has 3 amide bonds. The quantitative estimate of drug-likeness (QED) is 0.528. The summed E-state index contributed by atoms with van der Waals surface area (Å²) in [7, 11) is 0. The fraction of sp³-hybridized carbons (Fsp3) is 0.556.